The van der Waals surface area contributed by atoms with Gasteiger partial charge in [0.25, 0.3) is 0 Å². The van der Waals surface area contributed by atoms with Gasteiger partial charge in [0.05, 0.1) is 13.5 Å². The molecule has 0 heterocycles. The summed E-state index contributed by atoms with van der Waals surface area (Å²) in [6.07, 6.45) is 0.980. The van der Waals surface area contributed by atoms with Gasteiger partial charge in [-0.1, -0.05) is 6.92 Å². The summed E-state index contributed by atoms with van der Waals surface area (Å²) in [5.41, 5.74) is 10.8. The largest absolute Gasteiger partial charge is 0.469 e. The Labute approximate surface area is 83.8 Å². The Kier molecular flexibility index (Phi) is 5.87. The lowest BCUT2D eigenvalue weighted by atomic mass is 9.91. The average Bonchev–Trinajstić information content (AvgIpc) is 2.14. The minimum Gasteiger partial charge on any atom is -0.469 e. The molecular formula is C9H18N2O3. The quantitative estimate of drug-likeness (QED) is 0.582. The van der Waals surface area contributed by atoms with Gasteiger partial charge in [0.1, 0.15) is 0 Å². The van der Waals surface area contributed by atoms with Crippen molar-refractivity contribution in [3.63, 3.8) is 0 Å². The Morgan fingerprint density at radius 2 is 1.93 bits per heavy atom. The van der Waals surface area contributed by atoms with Gasteiger partial charge >= 0.3 is 5.97 Å². The van der Waals surface area contributed by atoms with Crippen LogP contribution < -0.4 is 11.5 Å². The molecule has 0 radical (unpaired) electrons. The van der Waals surface area contributed by atoms with E-state index in [2.05, 4.69) is 4.74 Å². The molecule has 0 aromatic heterocycles. The smallest absolute Gasteiger partial charge is 0.305 e. The van der Waals surface area contributed by atoms with Gasteiger partial charge < -0.3 is 16.2 Å². The minimum absolute atomic E-state index is 0.129. The van der Waals surface area contributed by atoms with Crippen LogP contribution >= 0.6 is 0 Å². The molecule has 0 aromatic rings. The second-order valence-electron chi connectivity index (χ2n) is 3.28. The predicted octanol–water partition coefficient (Wildman–Crippen LogP) is -0.222. The second-order valence-corrected chi connectivity index (χ2v) is 3.28. The number of ether oxygens (including phenoxy) is 1. The van der Waals surface area contributed by atoms with Crippen LogP contribution in [0, 0.1) is 5.92 Å². The third kappa shape index (κ3) is 4.81. The van der Waals surface area contributed by atoms with E-state index in [4.69, 9.17) is 11.5 Å². The van der Waals surface area contributed by atoms with Crippen LogP contribution in [0.1, 0.15) is 26.2 Å². The molecular weight excluding hydrogens is 184 g/mol. The molecule has 0 bridgehead atoms. The molecule has 0 fully saturated rings. The average molecular weight is 202 g/mol. The van der Waals surface area contributed by atoms with Gasteiger partial charge in [0.2, 0.25) is 5.91 Å². The third-order valence-corrected chi connectivity index (χ3v) is 2.20. The van der Waals surface area contributed by atoms with Gasteiger partial charge in [-0.15, -0.1) is 0 Å². The van der Waals surface area contributed by atoms with E-state index >= 15 is 0 Å². The van der Waals surface area contributed by atoms with Gasteiger partial charge in [0.15, 0.2) is 0 Å². The van der Waals surface area contributed by atoms with Crippen LogP contribution in [0.2, 0.25) is 0 Å². The Bertz CT molecular complexity index is 206. The molecule has 82 valence electrons. The van der Waals surface area contributed by atoms with E-state index in [-0.39, 0.29) is 30.8 Å². The number of carbonyl (C=O) groups excluding carboxylic acids is 2. The van der Waals surface area contributed by atoms with Crippen molar-refractivity contribution in [1.82, 2.24) is 0 Å². The van der Waals surface area contributed by atoms with Crippen LogP contribution in [-0.4, -0.2) is 25.0 Å². The zero-order valence-electron chi connectivity index (χ0n) is 8.66. The van der Waals surface area contributed by atoms with Crippen molar-refractivity contribution in [1.29, 1.82) is 0 Å². The molecule has 4 N–H and O–H groups in total. The molecule has 0 saturated heterocycles. The second kappa shape index (κ2) is 6.37. The SMILES string of the molecule is CCC(N)C(CC(N)=O)CC(=O)OC. The number of rotatable bonds is 6. The third-order valence-electron chi connectivity index (χ3n) is 2.20. The minimum atomic E-state index is -0.442. The summed E-state index contributed by atoms with van der Waals surface area (Å²) in [5.74, 6) is -1.02. The van der Waals surface area contributed by atoms with Crippen molar-refractivity contribution in [2.75, 3.05) is 7.11 Å². The Hall–Kier alpha value is -1.10. The summed E-state index contributed by atoms with van der Waals surface area (Å²) >= 11 is 0. The van der Waals surface area contributed by atoms with Crippen molar-refractivity contribution in [3.05, 3.63) is 0 Å². The molecule has 1 amide bonds. The van der Waals surface area contributed by atoms with Gasteiger partial charge in [-0.3, -0.25) is 9.59 Å². The first kappa shape index (κ1) is 12.9. The Balaban J connectivity index is 4.23. The Morgan fingerprint density at radius 3 is 2.29 bits per heavy atom. The molecule has 0 aliphatic heterocycles. The molecule has 0 spiro atoms. The topological polar surface area (TPSA) is 95.4 Å². The van der Waals surface area contributed by atoms with Gasteiger partial charge in [-0.05, 0) is 12.3 Å². The number of nitrogens with two attached hydrogens (primary N) is 2. The summed E-state index contributed by atoms with van der Waals surface area (Å²) in [6.45, 7) is 1.90. The highest BCUT2D eigenvalue weighted by molar-refractivity contribution is 5.76. The summed E-state index contributed by atoms with van der Waals surface area (Å²) in [7, 11) is 1.31. The number of carbonyl (C=O) groups is 2. The van der Waals surface area contributed by atoms with Crippen LogP contribution in [0.3, 0.4) is 0 Å². The first-order chi connectivity index (χ1) is 6.51. The van der Waals surface area contributed by atoms with E-state index in [0.29, 0.717) is 6.42 Å². The lowest BCUT2D eigenvalue weighted by Crippen LogP contribution is -2.34. The van der Waals surface area contributed by atoms with E-state index in [9.17, 15) is 9.59 Å². The van der Waals surface area contributed by atoms with Crippen LogP contribution in [0.5, 0.6) is 0 Å². The molecule has 0 aliphatic rings. The summed E-state index contributed by atoms with van der Waals surface area (Å²) in [4.78, 5) is 21.7. The maximum atomic E-state index is 11.0. The van der Waals surface area contributed by atoms with Gasteiger partial charge in [-0.25, -0.2) is 0 Å². The maximum absolute atomic E-state index is 11.0. The van der Waals surface area contributed by atoms with E-state index in [0.717, 1.165) is 0 Å². The molecule has 0 aliphatic carbocycles. The maximum Gasteiger partial charge on any atom is 0.305 e. The van der Waals surface area contributed by atoms with E-state index in [1.54, 1.807) is 0 Å². The molecule has 0 saturated carbocycles. The summed E-state index contributed by atoms with van der Waals surface area (Å²) in [6, 6.07) is -0.193. The highest BCUT2D eigenvalue weighted by Gasteiger charge is 2.22. The number of amides is 1. The summed E-state index contributed by atoms with van der Waals surface area (Å²) < 4.78 is 4.51. The standard InChI is InChI=1S/C9H18N2O3/c1-3-7(10)6(4-8(11)12)5-9(13)14-2/h6-7H,3-5,10H2,1-2H3,(H2,11,12). The first-order valence-corrected chi connectivity index (χ1v) is 4.61. The lowest BCUT2D eigenvalue weighted by molar-refractivity contribution is -0.142. The van der Waals surface area contributed by atoms with E-state index in [1.165, 1.54) is 7.11 Å². The molecule has 2 unspecified atom stereocenters. The predicted molar refractivity (Wildman–Crippen MR) is 52.2 cm³/mol. The normalized spacial score (nSPS) is 14.5. The fraction of sp³-hybridized carbons (Fsp3) is 0.778. The number of hydrogen-bond acceptors (Lipinski definition) is 4. The van der Waals surface area contributed by atoms with Crippen LogP contribution in [0.15, 0.2) is 0 Å². The molecule has 2 atom stereocenters. The number of primary amides is 1. The fourth-order valence-corrected chi connectivity index (χ4v) is 1.26. The fourth-order valence-electron chi connectivity index (χ4n) is 1.26. The molecule has 14 heavy (non-hydrogen) atoms. The molecule has 5 nitrogen and oxygen atoms in total. The van der Waals surface area contributed by atoms with Gasteiger partial charge in [0, 0.05) is 12.5 Å². The number of hydrogen-bond donors (Lipinski definition) is 2. The highest BCUT2D eigenvalue weighted by Crippen LogP contribution is 2.15. The van der Waals surface area contributed by atoms with Crippen molar-refractivity contribution in [2.24, 2.45) is 17.4 Å². The first-order valence-electron chi connectivity index (χ1n) is 4.61. The Morgan fingerprint density at radius 1 is 1.36 bits per heavy atom. The highest BCUT2D eigenvalue weighted by atomic mass is 16.5. The van der Waals surface area contributed by atoms with Crippen molar-refractivity contribution in [3.8, 4) is 0 Å². The van der Waals surface area contributed by atoms with E-state index < -0.39 is 5.91 Å². The monoisotopic (exact) mass is 202 g/mol. The molecule has 0 aromatic carbocycles. The van der Waals surface area contributed by atoms with Crippen LogP contribution in [0.25, 0.3) is 0 Å². The lowest BCUT2D eigenvalue weighted by Gasteiger charge is -2.20. The van der Waals surface area contributed by atoms with Crippen molar-refractivity contribution >= 4 is 11.9 Å². The van der Waals surface area contributed by atoms with Gasteiger partial charge in [-0.2, -0.15) is 0 Å². The van der Waals surface area contributed by atoms with Crippen LogP contribution in [-0.2, 0) is 14.3 Å². The zero-order chi connectivity index (χ0) is 11.1. The zero-order valence-corrected chi connectivity index (χ0v) is 8.66. The number of methoxy groups -OCH3 is 1. The molecule has 5 heteroatoms. The van der Waals surface area contributed by atoms with Crippen molar-refractivity contribution in [2.45, 2.75) is 32.2 Å². The molecule has 0 rings (SSSR count). The van der Waals surface area contributed by atoms with Crippen LogP contribution in [0.4, 0.5) is 0 Å². The van der Waals surface area contributed by atoms with Crippen molar-refractivity contribution < 1.29 is 14.3 Å². The number of esters is 1. The van der Waals surface area contributed by atoms with E-state index in [1.807, 2.05) is 6.92 Å². The summed E-state index contributed by atoms with van der Waals surface area (Å²) in [5, 5.41) is 0.